The number of hydrogen-bond acceptors (Lipinski definition) is 5. The molecule has 7 heteroatoms. The topological polar surface area (TPSA) is 81.2 Å². The molecule has 0 fully saturated rings. The van der Waals surface area contributed by atoms with Crippen molar-refractivity contribution in [2.24, 2.45) is 4.99 Å². The summed E-state index contributed by atoms with van der Waals surface area (Å²) in [6.45, 7) is 1.71. The number of nitrogen functional groups attached to an aromatic ring is 1. The minimum Gasteiger partial charge on any atom is -0.383 e. The van der Waals surface area contributed by atoms with E-state index in [2.05, 4.69) is 15.0 Å². The van der Waals surface area contributed by atoms with E-state index in [-0.39, 0.29) is 28.2 Å². The zero-order valence-electron chi connectivity index (χ0n) is 14.7. The van der Waals surface area contributed by atoms with Crippen LogP contribution in [0.1, 0.15) is 32.7 Å². The molecule has 1 heterocycles. The molecule has 0 amide bonds. The number of carbonyl (C=O) groups is 1. The van der Waals surface area contributed by atoms with Gasteiger partial charge >= 0.3 is 0 Å². The van der Waals surface area contributed by atoms with Crippen LogP contribution in [0.4, 0.5) is 14.6 Å². The van der Waals surface area contributed by atoms with E-state index in [1.807, 2.05) is 0 Å². The Morgan fingerprint density at radius 1 is 1.04 bits per heavy atom. The molecule has 1 aromatic heterocycles. The average Bonchev–Trinajstić information content (AvgIpc) is 2.65. The van der Waals surface area contributed by atoms with E-state index < -0.39 is 17.4 Å². The summed E-state index contributed by atoms with van der Waals surface area (Å²) in [6.07, 6.45) is 1.31. The van der Waals surface area contributed by atoms with Crippen molar-refractivity contribution in [1.29, 1.82) is 0 Å². The maximum absolute atomic E-state index is 14.8. The number of benzene rings is 2. The highest BCUT2D eigenvalue weighted by Gasteiger charge is 2.20. The van der Waals surface area contributed by atoms with Gasteiger partial charge in [-0.2, -0.15) is 0 Å². The molecule has 3 aromatic rings. The number of aryl methyl sites for hydroxylation is 1. The molecule has 0 bridgehead atoms. The van der Waals surface area contributed by atoms with E-state index in [1.54, 1.807) is 13.0 Å². The number of rotatable bonds is 4. The molecule has 0 aliphatic rings. The van der Waals surface area contributed by atoms with Crippen molar-refractivity contribution < 1.29 is 13.6 Å². The summed E-state index contributed by atoms with van der Waals surface area (Å²) in [4.78, 5) is 24.6. The van der Waals surface area contributed by atoms with Crippen LogP contribution >= 0.6 is 0 Å². The quantitative estimate of drug-likeness (QED) is 0.567. The number of aromatic nitrogens is 2. The summed E-state index contributed by atoms with van der Waals surface area (Å²) in [6, 6.07) is 9.46. The summed E-state index contributed by atoms with van der Waals surface area (Å²) in [5.74, 6) is -1.77. The zero-order chi connectivity index (χ0) is 19.6. The Labute approximate surface area is 154 Å². The largest absolute Gasteiger partial charge is 0.383 e. The third-order valence-electron chi connectivity index (χ3n) is 4.13. The van der Waals surface area contributed by atoms with Crippen LogP contribution < -0.4 is 5.73 Å². The molecule has 5 nitrogen and oxygen atoms in total. The van der Waals surface area contributed by atoms with E-state index in [9.17, 15) is 13.6 Å². The Morgan fingerprint density at radius 2 is 1.78 bits per heavy atom. The van der Waals surface area contributed by atoms with Crippen LogP contribution in [0.15, 0.2) is 53.8 Å². The van der Waals surface area contributed by atoms with Crippen LogP contribution in [0.2, 0.25) is 0 Å². The summed E-state index contributed by atoms with van der Waals surface area (Å²) in [5.41, 5.74) is 7.21. The lowest BCUT2D eigenvalue weighted by atomic mass is 9.96. The van der Waals surface area contributed by atoms with Crippen LogP contribution in [0, 0.1) is 18.6 Å². The van der Waals surface area contributed by atoms with Crippen LogP contribution in [-0.4, -0.2) is 28.5 Å². The lowest BCUT2D eigenvalue weighted by Crippen LogP contribution is -2.14. The molecule has 0 unspecified atom stereocenters. The van der Waals surface area contributed by atoms with Crippen LogP contribution in [0.25, 0.3) is 0 Å². The second-order valence-corrected chi connectivity index (χ2v) is 5.80. The summed E-state index contributed by atoms with van der Waals surface area (Å²) in [7, 11) is 1.50. The average molecular weight is 366 g/mol. The molecule has 27 heavy (non-hydrogen) atoms. The molecule has 2 N–H and O–H groups in total. The van der Waals surface area contributed by atoms with Gasteiger partial charge in [0.2, 0.25) is 0 Å². The number of hydrogen-bond donors (Lipinski definition) is 1. The fourth-order valence-corrected chi connectivity index (χ4v) is 2.80. The molecule has 136 valence electrons. The highest BCUT2D eigenvalue weighted by molar-refractivity contribution is 6.16. The van der Waals surface area contributed by atoms with Crippen molar-refractivity contribution in [3.05, 3.63) is 88.4 Å². The van der Waals surface area contributed by atoms with Gasteiger partial charge in [0.1, 0.15) is 23.8 Å². The fraction of sp³-hybridized carbons (Fsp3) is 0.100. The number of ketones is 1. The molecular weight excluding hydrogens is 350 g/mol. The van der Waals surface area contributed by atoms with Gasteiger partial charge in [-0.15, -0.1) is 0 Å². The second kappa shape index (κ2) is 7.41. The first-order chi connectivity index (χ1) is 12.9. The number of anilines is 1. The number of nitrogens with two attached hydrogens (primary N) is 1. The van der Waals surface area contributed by atoms with Crippen LogP contribution in [0.3, 0.4) is 0 Å². The van der Waals surface area contributed by atoms with Crippen molar-refractivity contribution in [1.82, 2.24) is 9.97 Å². The first-order valence-electron chi connectivity index (χ1n) is 8.07. The highest BCUT2D eigenvalue weighted by atomic mass is 19.1. The fourth-order valence-electron chi connectivity index (χ4n) is 2.80. The van der Waals surface area contributed by atoms with Crippen molar-refractivity contribution in [2.45, 2.75) is 6.92 Å². The molecule has 0 atom stereocenters. The van der Waals surface area contributed by atoms with Gasteiger partial charge in [-0.05, 0) is 31.2 Å². The van der Waals surface area contributed by atoms with Crippen molar-refractivity contribution in [2.75, 3.05) is 12.8 Å². The maximum atomic E-state index is 14.8. The van der Waals surface area contributed by atoms with E-state index in [4.69, 9.17) is 5.73 Å². The number of nitrogens with zero attached hydrogens (tertiary/aromatic N) is 3. The van der Waals surface area contributed by atoms with Gasteiger partial charge in [-0.3, -0.25) is 9.79 Å². The van der Waals surface area contributed by atoms with Gasteiger partial charge in [0.25, 0.3) is 0 Å². The Bertz CT molecular complexity index is 1040. The Kier molecular flexibility index (Phi) is 5.03. The summed E-state index contributed by atoms with van der Waals surface area (Å²) >= 11 is 0. The third kappa shape index (κ3) is 3.44. The molecule has 0 radical (unpaired) electrons. The second-order valence-electron chi connectivity index (χ2n) is 5.80. The lowest BCUT2D eigenvalue weighted by Gasteiger charge is -2.12. The third-order valence-corrected chi connectivity index (χ3v) is 4.13. The minimum absolute atomic E-state index is 0.0332. The van der Waals surface area contributed by atoms with Gasteiger partial charge in [-0.25, -0.2) is 18.7 Å². The zero-order valence-corrected chi connectivity index (χ0v) is 14.7. The van der Waals surface area contributed by atoms with Crippen molar-refractivity contribution in [3.8, 4) is 0 Å². The summed E-state index contributed by atoms with van der Waals surface area (Å²) in [5, 5.41) is 0. The minimum atomic E-state index is -0.680. The van der Waals surface area contributed by atoms with Crippen LogP contribution in [0.5, 0.6) is 0 Å². The standard InChI is InChI=1S/C20H16F2N4O/c1-11-17(20(23)26-10-25-11)18(24-2)13-8-7-12(9-16(13)22)19(27)14-5-3-4-6-15(14)21/h3-10H,1-2H3,(H2,23,25,26). The predicted octanol–water partition coefficient (Wildman–Crippen LogP) is 3.34. The smallest absolute Gasteiger partial charge is 0.196 e. The van der Waals surface area contributed by atoms with Crippen molar-refractivity contribution >= 4 is 17.3 Å². The van der Waals surface area contributed by atoms with Gasteiger partial charge in [0.15, 0.2) is 5.78 Å². The SMILES string of the molecule is CN=C(c1ccc(C(=O)c2ccccc2F)cc1F)c1c(C)ncnc1N. The summed E-state index contributed by atoms with van der Waals surface area (Å²) < 4.78 is 28.6. The molecule has 3 rings (SSSR count). The highest BCUT2D eigenvalue weighted by Crippen LogP contribution is 2.22. The molecule has 0 spiro atoms. The van der Waals surface area contributed by atoms with Crippen LogP contribution in [-0.2, 0) is 0 Å². The lowest BCUT2D eigenvalue weighted by molar-refractivity contribution is 0.103. The normalized spacial score (nSPS) is 11.5. The van der Waals surface area contributed by atoms with Gasteiger partial charge < -0.3 is 5.73 Å². The first kappa shape index (κ1) is 18.3. The Balaban J connectivity index is 2.05. The van der Waals surface area contributed by atoms with E-state index in [0.717, 1.165) is 6.07 Å². The van der Waals surface area contributed by atoms with Gasteiger partial charge in [0, 0.05) is 18.2 Å². The van der Waals surface area contributed by atoms with Gasteiger partial charge in [0.05, 0.1) is 22.5 Å². The molecule has 0 saturated heterocycles. The number of halogens is 2. The maximum Gasteiger partial charge on any atom is 0.196 e. The van der Waals surface area contributed by atoms with E-state index in [0.29, 0.717) is 11.3 Å². The molecule has 0 aliphatic carbocycles. The van der Waals surface area contributed by atoms with E-state index in [1.165, 1.54) is 43.7 Å². The molecule has 0 saturated carbocycles. The molecule has 2 aromatic carbocycles. The molecular formula is C20H16F2N4O. The predicted molar refractivity (Wildman–Crippen MR) is 99.0 cm³/mol. The molecule has 0 aliphatic heterocycles. The Hall–Kier alpha value is -3.48. The van der Waals surface area contributed by atoms with E-state index >= 15 is 0 Å². The van der Waals surface area contributed by atoms with Gasteiger partial charge in [-0.1, -0.05) is 18.2 Å². The first-order valence-corrected chi connectivity index (χ1v) is 8.07. The Morgan fingerprint density at radius 3 is 2.41 bits per heavy atom. The number of aliphatic imine (C=N–C) groups is 1. The van der Waals surface area contributed by atoms with Crippen molar-refractivity contribution in [3.63, 3.8) is 0 Å². The number of carbonyl (C=O) groups excluding carboxylic acids is 1. The monoisotopic (exact) mass is 366 g/mol.